The highest BCUT2D eigenvalue weighted by atomic mass is 16.5. The molecule has 1 aromatic carbocycles. The van der Waals surface area contributed by atoms with Gasteiger partial charge in [0.2, 0.25) is 0 Å². The van der Waals surface area contributed by atoms with Gasteiger partial charge in [0.1, 0.15) is 17.9 Å². The van der Waals surface area contributed by atoms with Crippen LogP contribution in [-0.2, 0) is 19.1 Å². The molecule has 0 unspecified atom stereocenters. The summed E-state index contributed by atoms with van der Waals surface area (Å²) >= 11 is 0. The van der Waals surface area contributed by atoms with E-state index in [9.17, 15) is 14.7 Å². The maximum absolute atomic E-state index is 11.9. The molecular weight excluding hydrogens is 286 g/mol. The SMILES string of the molecule is CCOC(=O)CN=C/C(C(=O)OCC)=C(\O)c1ccccc1. The predicted molar refractivity (Wildman–Crippen MR) is 82.6 cm³/mol. The van der Waals surface area contributed by atoms with Gasteiger partial charge < -0.3 is 14.6 Å². The fourth-order valence-corrected chi connectivity index (χ4v) is 1.59. The molecule has 6 nitrogen and oxygen atoms in total. The molecule has 0 atom stereocenters. The third kappa shape index (κ3) is 5.40. The van der Waals surface area contributed by atoms with E-state index in [0.717, 1.165) is 6.21 Å². The molecule has 0 fully saturated rings. The van der Waals surface area contributed by atoms with Gasteiger partial charge in [-0.05, 0) is 13.8 Å². The maximum atomic E-state index is 11.9. The largest absolute Gasteiger partial charge is 0.506 e. The average Bonchev–Trinajstić information content (AvgIpc) is 2.52. The molecule has 0 aliphatic heterocycles. The second-order valence-electron chi connectivity index (χ2n) is 4.12. The lowest BCUT2D eigenvalue weighted by molar-refractivity contribution is -0.141. The first kappa shape index (κ1) is 17.4. The topological polar surface area (TPSA) is 85.2 Å². The summed E-state index contributed by atoms with van der Waals surface area (Å²) in [6.45, 7) is 3.52. The number of hydrogen-bond acceptors (Lipinski definition) is 6. The summed E-state index contributed by atoms with van der Waals surface area (Å²) < 4.78 is 9.62. The Bertz CT molecular complexity index is 563. The number of benzene rings is 1. The molecule has 0 aliphatic rings. The fourth-order valence-electron chi connectivity index (χ4n) is 1.59. The first-order chi connectivity index (χ1) is 10.6. The molecule has 6 heteroatoms. The van der Waals surface area contributed by atoms with Crippen LogP contribution in [0.3, 0.4) is 0 Å². The lowest BCUT2D eigenvalue weighted by Gasteiger charge is -2.06. The van der Waals surface area contributed by atoms with E-state index in [1.165, 1.54) is 0 Å². The minimum atomic E-state index is -0.712. The van der Waals surface area contributed by atoms with E-state index in [0.29, 0.717) is 5.56 Å². The van der Waals surface area contributed by atoms with Crippen LogP contribution in [0.4, 0.5) is 0 Å². The second-order valence-corrected chi connectivity index (χ2v) is 4.12. The van der Waals surface area contributed by atoms with Crippen LogP contribution in [0.25, 0.3) is 5.76 Å². The second kappa shape index (κ2) is 9.33. The molecular formula is C16H19NO5. The number of esters is 2. The van der Waals surface area contributed by atoms with Crippen LogP contribution in [0, 0.1) is 0 Å². The van der Waals surface area contributed by atoms with Gasteiger partial charge in [-0.25, -0.2) is 4.79 Å². The molecule has 0 aliphatic carbocycles. The first-order valence-corrected chi connectivity index (χ1v) is 6.91. The summed E-state index contributed by atoms with van der Waals surface area (Å²) in [5, 5.41) is 10.2. The summed E-state index contributed by atoms with van der Waals surface area (Å²) in [4.78, 5) is 27.0. The lowest BCUT2D eigenvalue weighted by atomic mass is 10.1. The Hall–Kier alpha value is -2.63. The third-order valence-electron chi connectivity index (χ3n) is 2.54. The molecule has 0 spiro atoms. The molecule has 0 radical (unpaired) electrons. The van der Waals surface area contributed by atoms with Crippen LogP contribution in [0.5, 0.6) is 0 Å². The zero-order valence-electron chi connectivity index (χ0n) is 12.6. The number of carbonyl (C=O) groups is 2. The molecule has 0 aromatic heterocycles. The maximum Gasteiger partial charge on any atom is 0.343 e. The third-order valence-corrected chi connectivity index (χ3v) is 2.54. The zero-order valence-corrected chi connectivity index (χ0v) is 12.6. The van der Waals surface area contributed by atoms with Crippen LogP contribution in [0.2, 0.25) is 0 Å². The van der Waals surface area contributed by atoms with E-state index < -0.39 is 11.9 Å². The first-order valence-electron chi connectivity index (χ1n) is 6.91. The number of nitrogens with zero attached hydrogens (tertiary/aromatic N) is 1. The van der Waals surface area contributed by atoms with Crippen molar-refractivity contribution in [2.45, 2.75) is 13.8 Å². The van der Waals surface area contributed by atoms with Crippen LogP contribution >= 0.6 is 0 Å². The molecule has 0 saturated carbocycles. The van der Waals surface area contributed by atoms with Crippen molar-refractivity contribution in [3.8, 4) is 0 Å². The Labute approximate surface area is 129 Å². The van der Waals surface area contributed by atoms with Crippen molar-refractivity contribution < 1.29 is 24.2 Å². The Kier molecular flexibility index (Phi) is 7.39. The Morgan fingerprint density at radius 2 is 1.77 bits per heavy atom. The van der Waals surface area contributed by atoms with Crippen molar-refractivity contribution in [3.63, 3.8) is 0 Å². The van der Waals surface area contributed by atoms with Crippen LogP contribution in [0.15, 0.2) is 40.9 Å². The number of rotatable bonds is 7. The minimum Gasteiger partial charge on any atom is -0.506 e. The number of ether oxygens (including phenoxy) is 2. The zero-order chi connectivity index (χ0) is 16.4. The van der Waals surface area contributed by atoms with Gasteiger partial charge in [-0.15, -0.1) is 0 Å². The standard InChI is InChI=1S/C16H19NO5/c1-3-21-14(18)11-17-10-13(16(20)22-4-2)15(19)12-8-6-5-7-9-12/h5-10,19H,3-4,11H2,1-2H3/b15-13+,17-10?. The molecule has 1 N–H and O–H groups in total. The van der Waals surface area contributed by atoms with Gasteiger partial charge in [0.05, 0.1) is 13.2 Å². The van der Waals surface area contributed by atoms with Crippen molar-refractivity contribution in [2.24, 2.45) is 4.99 Å². The molecule has 118 valence electrons. The number of carbonyl (C=O) groups excluding carboxylic acids is 2. The van der Waals surface area contributed by atoms with Gasteiger partial charge in [0.25, 0.3) is 0 Å². The molecule has 0 heterocycles. The van der Waals surface area contributed by atoms with Gasteiger partial charge in [0.15, 0.2) is 0 Å². The van der Waals surface area contributed by atoms with E-state index in [1.807, 2.05) is 0 Å². The highest BCUT2D eigenvalue weighted by Gasteiger charge is 2.16. The molecule has 22 heavy (non-hydrogen) atoms. The van der Waals surface area contributed by atoms with E-state index in [4.69, 9.17) is 9.47 Å². The number of aliphatic hydroxyl groups is 1. The van der Waals surface area contributed by atoms with Crippen molar-refractivity contribution in [1.29, 1.82) is 0 Å². The summed E-state index contributed by atoms with van der Waals surface area (Å²) in [7, 11) is 0. The number of aliphatic imine (C=N–C) groups is 1. The minimum absolute atomic E-state index is 0.114. The molecule has 1 aromatic rings. The molecule has 0 amide bonds. The van der Waals surface area contributed by atoms with Crippen LogP contribution < -0.4 is 0 Å². The lowest BCUT2D eigenvalue weighted by Crippen LogP contribution is -2.13. The van der Waals surface area contributed by atoms with Crippen molar-refractivity contribution in [2.75, 3.05) is 19.8 Å². The number of aliphatic hydroxyl groups excluding tert-OH is 1. The van der Waals surface area contributed by atoms with E-state index in [1.54, 1.807) is 44.2 Å². The number of hydrogen-bond donors (Lipinski definition) is 1. The Balaban J connectivity index is 3.01. The van der Waals surface area contributed by atoms with Crippen molar-refractivity contribution >= 4 is 23.9 Å². The van der Waals surface area contributed by atoms with E-state index in [-0.39, 0.29) is 31.1 Å². The summed E-state index contributed by atoms with van der Waals surface area (Å²) in [5.41, 5.74) is 0.338. The van der Waals surface area contributed by atoms with Crippen LogP contribution in [-0.4, -0.2) is 43.0 Å². The molecule has 1 rings (SSSR count). The van der Waals surface area contributed by atoms with Gasteiger partial charge in [-0.1, -0.05) is 30.3 Å². The van der Waals surface area contributed by atoms with E-state index >= 15 is 0 Å². The summed E-state index contributed by atoms with van der Waals surface area (Å²) in [5.74, 6) is -1.48. The highest BCUT2D eigenvalue weighted by molar-refractivity contribution is 6.15. The van der Waals surface area contributed by atoms with Gasteiger partial charge in [0, 0.05) is 11.8 Å². The highest BCUT2D eigenvalue weighted by Crippen LogP contribution is 2.15. The Morgan fingerprint density at radius 1 is 1.14 bits per heavy atom. The van der Waals surface area contributed by atoms with Gasteiger partial charge in [-0.2, -0.15) is 0 Å². The predicted octanol–water partition coefficient (Wildman–Crippen LogP) is 2.15. The smallest absolute Gasteiger partial charge is 0.343 e. The summed E-state index contributed by atoms with van der Waals surface area (Å²) in [6, 6.07) is 8.53. The fraction of sp³-hybridized carbons (Fsp3) is 0.312. The van der Waals surface area contributed by atoms with Crippen molar-refractivity contribution in [1.82, 2.24) is 0 Å². The normalized spacial score (nSPS) is 11.9. The van der Waals surface area contributed by atoms with E-state index in [2.05, 4.69) is 4.99 Å². The average molecular weight is 305 g/mol. The quantitative estimate of drug-likeness (QED) is 0.361. The van der Waals surface area contributed by atoms with Gasteiger partial charge >= 0.3 is 11.9 Å². The van der Waals surface area contributed by atoms with Gasteiger partial charge in [-0.3, -0.25) is 9.79 Å². The molecule has 0 bridgehead atoms. The van der Waals surface area contributed by atoms with Crippen LogP contribution in [0.1, 0.15) is 19.4 Å². The monoisotopic (exact) mass is 305 g/mol. The van der Waals surface area contributed by atoms with Crippen molar-refractivity contribution in [3.05, 3.63) is 41.5 Å². The Morgan fingerprint density at radius 3 is 2.36 bits per heavy atom. The molecule has 0 saturated heterocycles. The summed E-state index contributed by atoms with van der Waals surface area (Å²) in [6.07, 6.45) is 1.12.